The number of nitrogens with two attached hydrogens (primary N) is 2. The van der Waals surface area contributed by atoms with Crippen LogP contribution in [0.15, 0.2) is 32.5 Å². The molecule has 0 saturated carbocycles. The van der Waals surface area contributed by atoms with Gasteiger partial charge in [0.25, 0.3) is 0 Å². The molecule has 152 valence electrons. The van der Waals surface area contributed by atoms with Crippen molar-refractivity contribution in [2.45, 2.75) is 25.3 Å². The molecule has 2 aromatic rings. The van der Waals surface area contributed by atoms with Crippen LogP contribution in [0.25, 0.3) is 0 Å². The number of anilines is 1. The van der Waals surface area contributed by atoms with E-state index in [1.165, 1.54) is 0 Å². The maximum absolute atomic E-state index is 12.3. The molecule has 1 aromatic carbocycles. The molecule has 0 fully saturated rings. The summed E-state index contributed by atoms with van der Waals surface area (Å²) in [5.41, 5.74) is 12.5. The summed E-state index contributed by atoms with van der Waals surface area (Å²) < 4.78 is 7.12. The molecule has 0 saturated heterocycles. The summed E-state index contributed by atoms with van der Waals surface area (Å²) in [6, 6.07) is 2.58. The van der Waals surface area contributed by atoms with Gasteiger partial charge in [-0.2, -0.15) is 0 Å². The lowest BCUT2D eigenvalue weighted by atomic mass is 10.1. The molecule has 1 atom stereocenters. The largest absolute Gasteiger partial charge is 0.491 e. The second kappa shape index (κ2) is 11.1. The van der Waals surface area contributed by atoms with Crippen molar-refractivity contribution in [1.29, 1.82) is 0 Å². The van der Waals surface area contributed by atoms with Crippen molar-refractivity contribution in [3.05, 3.63) is 43.4 Å². The number of amides is 1. The molecule has 0 radical (unpaired) electrons. The zero-order valence-electron chi connectivity index (χ0n) is 15.1. The van der Waals surface area contributed by atoms with E-state index < -0.39 is 11.9 Å². The van der Waals surface area contributed by atoms with Crippen LogP contribution < -0.4 is 21.5 Å². The number of nitrogen functional groups attached to an aromatic ring is 1. The van der Waals surface area contributed by atoms with Gasteiger partial charge in [0.05, 0.1) is 21.7 Å². The summed E-state index contributed by atoms with van der Waals surface area (Å²) in [7, 11) is 0. The summed E-state index contributed by atoms with van der Waals surface area (Å²) in [6.45, 7) is 1.38. The number of H-pyrrole nitrogens is 1. The van der Waals surface area contributed by atoms with Crippen LogP contribution in [0.1, 0.15) is 17.7 Å². The molecular formula is C17H22Br2N6O3. The lowest BCUT2D eigenvalue weighted by molar-refractivity contribution is -0.122. The van der Waals surface area contributed by atoms with Gasteiger partial charge in [-0.15, -0.1) is 4.91 Å². The van der Waals surface area contributed by atoms with Gasteiger partial charge < -0.3 is 26.5 Å². The first-order valence-corrected chi connectivity index (χ1v) is 10.2. The zero-order valence-corrected chi connectivity index (χ0v) is 18.3. The predicted molar refractivity (Wildman–Crippen MR) is 114 cm³/mol. The van der Waals surface area contributed by atoms with Crippen LogP contribution in [0.4, 0.5) is 5.95 Å². The molecule has 0 spiro atoms. The Morgan fingerprint density at radius 1 is 1.36 bits per heavy atom. The van der Waals surface area contributed by atoms with Crippen molar-refractivity contribution in [1.82, 2.24) is 15.3 Å². The molecule has 9 nitrogen and oxygen atoms in total. The Balaban J connectivity index is 1.93. The first-order chi connectivity index (χ1) is 13.4. The van der Waals surface area contributed by atoms with Gasteiger partial charge in [0.1, 0.15) is 5.75 Å². The number of hydrogen-bond acceptors (Lipinski definition) is 7. The number of halogens is 2. The third kappa shape index (κ3) is 6.57. The second-order valence-electron chi connectivity index (χ2n) is 6.04. The standard InChI is InChI=1S/C17H22Br2N6O3/c18-12-6-10(7-13(19)15(12)28-5-1-3-20)8-14(25-27)16(26)22-4-2-11-9-23-17(21)24-11/h6-7,9,14H,1-5,8,20H2,(H,22,26)(H3,21,23,24). The molecule has 28 heavy (non-hydrogen) atoms. The minimum atomic E-state index is -1.03. The molecular weight excluding hydrogens is 496 g/mol. The number of ether oxygens (including phenoxy) is 1. The summed E-state index contributed by atoms with van der Waals surface area (Å²) >= 11 is 6.91. The van der Waals surface area contributed by atoms with Crippen molar-refractivity contribution in [3.63, 3.8) is 0 Å². The van der Waals surface area contributed by atoms with Crippen LogP contribution in [-0.4, -0.2) is 41.6 Å². The van der Waals surface area contributed by atoms with Crippen LogP contribution >= 0.6 is 31.9 Å². The highest BCUT2D eigenvalue weighted by molar-refractivity contribution is 9.11. The monoisotopic (exact) mass is 516 g/mol. The first kappa shape index (κ1) is 22.3. The highest BCUT2D eigenvalue weighted by atomic mass is 79.9. The average molecular weight is 518 g/mol. The van der Waals surface area contributed by atoms with Crippen LogP contribution in [-0.2, 0) is 17.6 Å². The summed E-state index contributed by atoms with van der Waals surface area (Å²) in [4.78, 5) is 30.2. The Morgan fingerprint density at radius 2 is 2.07 bits per heavy atom. The maximum Gasteiger partial charge on any atom is 0.248 e. The number of rotatable bonds is 11. The van der Waals surface area contributed by atoms with Gasteiger partial charge in [0, 0.05) is 25.1 Å². The molecule has 2 rings (SSSR count). The fourth-order valence-electron chi connectivity index (χ4n) is 2.47. The lowest BCUT2D eigenvalue weighted by Crippen LogP contribution is -2.35. The molecule has 0 aliphatic heterocycles. The van der Waals surface area contributed by atoms with Crippen LogP contribution in [0.2, 0.25) is 0 Å². The van der Waals surface area contributed by atoms with E-state index >= 15 is 0 Å². The molecule has 1 unspecified atom stereocenters. The Kier molecular flexibility index (Phi) is 8.87. The van der Waals surface area contributed by atoms with Gasteiger partial charge in [0.15, 0.2) is 12.0 Å². The number of aromatic amines is 1. The normalized spacial score (nSPS) is 11.8. The topological polar surface area (TPSA) is 148 Å². The Bertz CT molecular complexity index is 791. The van der Waals surface area contributed by atoms with E-state index in [-0.39, 0.29) is 6.42 Å². The van der Waals surface area contributed by atoms with E-state index in [0.717, 1.165) is 26.6 Å². The number of nitroso groups, excluding NO2 is 1. The van der Waals surface area contributed by atoms with Crippen molar-refractivity contribution in [2.75, 3.05) is 25.4 Å². The van der Waals surface area contributed by atoms with Gasteiger partial charge in [-0.25, -0.2) is 4.98 Å². The van der Waals surface area contributed by atoms with Gasteiger partial charge in [-0.3, -0.25) is 4.79 Å². The third-order valence-electron chi connectivity index (χ3n) is 3.85. The van der Waals surface area contributed by atoms with E-state index in [9.17, 15) is 9.70 Å². The maximum atomic E-state index is 12.3. The predicted octanol–water partition coefficient (Wildman–Crippen LogP) is 2.28. The Labute approximate surface area is 179 Å². The van der Waals surface area contributed by atoms with E-state index in [4.69, 9.17) is 16.2 Å². The molecule has 0 bridgehead atoms. The fourth-order valence-corrected chi connectivity index (χ4v) is 3.98. The molecule has 0 aliphatic carbocycles. The minimum Gasteiger partial charge on any atom is -0.491 e. The number of imidazole rings is 1. The molecule has 1 heterocycles. The van der Waals surface area contributed by atoms with Gasteiger partial charge >= 0.3 is 0 Å². The van der Waals surface area contributed by atoms with Crippen molar-refractivity contribution in [3.8, 4) is 5.75 Å². The average Bonchev–Trinajstić information content (AvgIpc) is 3.07. The quantitative estimate of drug-likeness (QED) is 0.265. The van der Waals surface area contributed by atoms with Crippen LogP contribution in [0.5, 0.6) is 5.75 Å². The molecule has 0 aliphatic rings. The SMILES string of the molecule is NCCCOc1c(Br)cc(CC(N=O)C(=O)NCCc2cnc(N)[nH]2)cc1Br. The van der Waals surface area contributed by atoms with E-state index in [2.05, 4.69) is 52.3 Å². The number of hydrogen-bond donors (Lipinski definition) is 4. The second-order valence-corrected chi connectivity index (χ2v) is 7.75. The highest BCUT2D eigenvalue weighted by Crippen LogP contribution is 2.35. The van der Waals surface area contributed by atoms with E-state index in [0.29, 0.717) is 37.8 Å². The molecule has 1 aromatic heterocycles. The minimum absolute atomic E-state index is 0.173. The lowest BCUT2D eigenvalue weighted by Gasteiger charge is -2.14. The van der Waals surface area contributed by atoms with Crippen molar-refractivity contribution in [2.24, 2.45) is 10.9 Å². The number of aromatic nitrogens is 2. The summed E-state index contributed by atoms with van der Waals surface area (Å²) in [5, 5.41) is 5.68. The van der Waals surface area contributed by atoms with Crippen LogP contribution in [0.3, 0.4) is 0 Å². The van der Waals surface area contributed by atoms with Gasteiger partial charge in [0.2, 0.25) is 5.91 Å². The van der Waals surface area contributed by atoms with E-state index in [1.54, 1.807) is 18.3 Å². The van der Waals surface area contributed by atoms with Gasteiger partial charge in [-0.05, 0) is 62.5 Å². The highest BCUT2D eigenvalue weighted by Gasteiger charge is 2.21. The number of carbonyl (C=O) groups excluding carboxylic acids is 1. The van der Waals surface area contributed by atoms with Crippen LogP contribution in [0, 0.1) is 4.91 Å². The van der Waals surface area contributed by atoms with E-state index in [1.807, 2.05) is 0 Å². The Morgan fingerprint density at radius 3 is 2.64 bits per heavy atom. The smallest absolute Gasteiger partial charge is 0.248 e. The number of benzene rings is 1. The number of nitrogens with zero attached hydrogens (tertiary/aromatic N) is 2. The fraction of sp³-hybridized carbons (Fsp3) is 0.412. The Hall–Kier alpha value is -1.98. The number of carbonyl (C=O) groups is 1. The first-order valence-electron chi connectivity index (χ1n) is 8.65. The number of nitrogens with one attached hydrogen (secondary N) is 2. The third-order valence-corrected chi connectivity index (χ3v) is 5.03. The molecule has 6 N–H and O–H groups in total. The summed E-state index contributed by atoms with van der Waals surface area (Å²) in [5.74, 6) is 0.537. The van der Waals surface area contributed by atoms with Crippen molar-refractivity contribution < 1.29 is 9.53 Å². The zero-order chi connectivity index (χ0) is 20.5. The van der Waals surface area contributed by atoms with Gasteiger partial charge in [-0.1, -0.05) is 5.18 Å². The molecule has 1 amide bonds. The van der Waals surface area contributed by atoms with Crippen molar-refractivity contribution >= 4 is 43.7 Å². The molecule has 11 heteroatoms. The summed E-state index contributed by atoms with van der Waals surface area (Å²) in [6.07, 6.45) is 3.03.